The summed E-state index contributed by atoms with van der Waals surface area (Å²) >= 11 is 2.67. The van der Waals surface area contributed by atoms with Crippen molar-refractivity contribution in [3.05, 3.63) is 136 Å². The summed E-state index contributed by atoms with van der Waals surface area (Å²) in [5.74, 6) is -0.287. The van der Waals surface area contributed by atoms with Crippen molar-refractivity contribution >= 4 is 50.9 Å². The molecule has 3 heterocycles. The number of Topliss-reactive ketones (excluding diaryl/α,β-unsaturated/α-hetero) is 1. The van der Waals surface area contributed by atoms with Crippen LogP contribution in [0.5, 0.6) is 17.2 Å². The van der Waals surface area contributed by atoms with Crippen LogP contribution in [0.2, 0.25) is 0 Å². The third kappa shape index (κ3) is 6.42. The molecule has 10 nitrogen and oxygen atoms in total. The molecule has 4 aromatic carbocycles. The first-order valence-electron chi connectivity index (χ1n) is 15.6. The van der Waals surface area contributed by atoms with Gasteiger partial charge in [0.25, 0.3) is 5.91 Å². The number of ketones is 1. The van der Waals surface area contributed by atoms with E-state index >= 15 is 0 Å². The number of thioether (sulfide) groups is 1. The quantitative estimate of drug-likeness (QED) is 0.0756. The van der Waals surface area contributed by atoms with E-state index in [-0.39, 0.29) is 16.5 Å². The second-order valence-corrected chi connectivity index (χ2v) is 13.6. The van der Waals surface area contributed by atoms with Crippen LogP contribution < -0.4 is 19.1 Å². The second kappa shape index (κ2) is 14.1. The van der Waals surface area contributed by atoms with E-state index in [2.05, 4.69) is 22.3 Å². The van der Waals surface area contributed by atoms with Gasteiger partial charge in [0.2, 0.25) is 10.9 Å². The van der Waals surface area contributed by atoms with Gasteiger partial charge in [0.1, 0.15) is 6.61 Å². The van der Waals surface area contributed by atoms with Crippen molar-refractivity contribution in [2.75, 3.05) is 19.1 Å². The molecule has 0 bridgehead atoms. The number of methoxy groups -OCH3 is 2. The molecule has 1 aliphatic heterocycles. The second-order valence-electron chi connectivity index (χ2n) is 11.5. The fourth-order valence-electron chi connectivity index (χ4n) is 5.69. The molecule has 252 valence electrons. The Morgan fingerprint density at radius 1 is 0.900 bits per heavy atom. The molecule has 2 aromatic heterocycles. The smallest absolute Gasteiger partial charge is 0.296 e. The van der Waals surface area contributed by atoms with E-state index < -0.39 is 23.5 Å². The predicted molar refractivity (Wildman–Crippen MR) is 191 cm³/mol. The molecule has 6 aromatic rings. The lowest BCUT2D eigenvalue weighted by atomic mass is 9.95. The fourth-order valence-corrected chi connectivity index (χ4v) is 7.51. The molecule has 0 radical (unpaired) electrons. The minimum absolute atomic E-state index is 0.0629. The zero-order valence-electron chi connectivity index (χ0n) is 27.3. The Labute approximate surface area is 295 Å². The zero-order chi connectivity index (χ0) is 34.8. The van der Waals surface area contributed by atoms with Crippen LogP contribution in [0.3, 0.4) is 0 Å². The summed E-state index contributed by atoms with van der Waals surface area (Å²) in [4.78, 5) is 29.5. The van der Waals surface area contributed by atoms with Gasteiger partial charge in [-0.2, -0.15) is 0 Å². The Bertz CT molecular complexity index is 2230. The van der Waals surface area contributed by atoms with Crippen molar-refractivity contribution in [3.8, 4) is 17.2 Å². The molecule has 0 spiro atoms. The molecule has 1 aliphatic rings. The van der Waals surface area contributed by atoms with Crippen molar-refractivity contribution < 1.29 is 33.3 Å². The first kappa shape index (κ1) is 32.9. The molecule has 7 rings (SSSR count). The number of fused-ring (bicyclic) bond motifs is 1. The van der Waals surface area contributed by atoms with Gasteiger partial charge in [-0.3, -0.25) is 14.5 Å². The van der Waals surface area contributed by atoms with E-state index in [4.69, 9.17) is 18.6 Å². The van der Waals surface area contributed by atoms with Crippen molar-refractivity contribution in [2.45, 2.75) is 29.7 Å². The third-order valence-electron chi connectivity index (χ3n) is 8.23. The number of aryl methyl sites for hydroxylation is 1. The van der Waals surface area contributed by atoms with E-state index in [1.807, 2.05) is 49.4 Å². The number of hydrogen-bond donors (Lipinski definition) is 1. The lowest BCUT2D eigenvalue weighted by Crippen LogP contribution is -2.31. The summed E-state index contributed by atoms with van der Waals surface area (Å²) in [6.07, 6.45) is 0. The molecule has 0 aliphatic carbocycles. The molecular formula is C38H31N3O7S2. The highest BCUT2D eigenvalue weighted by Crippen LogP contribution is 2.46. The molecule has 0 saturated carbocycles. The first-order chi connectivity index (χ1) is 24.3. The lowest BCUT2D eigenvalue weighted by molar-refractivity contribution is -0.117. The highest BCUT2D eigenvalue weighted by Gasteiger charge is 2.47. The summed E-state index contributed by atoms with van der Waals surface area (Å²) < 4.78 is 23.8. The minimum atomic E-state index is -1.09. The Morgan fingerprint density at radius 3 is 2.44 bits per heavy atom. The molecule has 1 amide bonds. The number of rotatable bonds is 12. The SMILES string of the molecule is COc1cc(C2C(C(=O)c3cc4cccc(OC)c4o3)=C(O)C(=O)N2c2nnc(SCc3ccc(C)cc3)s2)ccc1OCc1ccccc1. The number of nitrogens with zero attached hydrogens (tertiary/aromatic N) is 3. The van der Waals surface area contributed by atoms with Crippen LogP contribution in [-0.2, 0) is 17.2 Å². The van der Waals surface area contributed by atoms with Gasteiger partial charge in [-0.05, 0) is 47.9 Å². The molecule has 0 fully saturated rings. The number of para-hydroxylation sites is 1. The number of ether oxygens (including phenoxy) is 3. The summed E-state index contributed by atoms with van der Waals surface area (Å²) in [6, 6.07) is 28.8. The zero-order valence-corrected chi connectivity index (χ0v) is 28.9. The number of furan rings is 1. The van der Waals surface area contributed by atoms with Crippen molar-refractivity contribution in [1.82, 2.24) is 10.2 Å². The standard InChI is InChI=1S/C38H31N3O7S2/c1-22-12-14-24(15-13-22)21-49-38-40-39-37(50-38)41-32(25-16-17-27(29(18-25)46-3)47-20-23-8-5-4-6-9-23)31(34(43)36(41)44)33(42)30-19-26-10-7-11-28(45-2)35(26)48-30/h4-19,32,43H,20-21H2,1-3H3. The van der Waals surface area contributed by atoms with Crippen LogP contribution in [0.1, 0.15) is 38.9 Å². The van der Waals surface area contributed by atoms with Gasteiger partial charge >= 0.3 is 0 Å². The number of benzene rings is 4. The monoisotopic (exact) mass is 705 g/mol. The number of aromatic nitrogens is 2. The highest BCUT2D eigenvalue weighted by molar-refractivity contribution is 8.00. The van der Waals surface area contributed by atoms with Gasteiger partial charge in [-0.1, -0.05) is 101 Å². The van der Waals surface area contributed by atoms with Gasteiger partial charge in [-0.15, -0.1) is 10.2 Å². The largest absolute Gasteiger partial charge is 0.503 e. The van der Waals surface area contributed by atoms with Crippen LogP contribution in [0, 0.1) is 6.92 Å². The molecule has 12 heteroatoms. The fraction of sp³-hybridized carbons (Fsp3) is 0.158. The van der Waals surface area contributed by atoms with Crippen molar-refractivity contribution in [3.63, 3.8) is 0 Å². The molecular weight excluding hydrogens is 675 g/mol. The summed E-state index contributed by atoms with van der Waals surface area (Å²) in [5, 5.41) is 20.9. The van der Waals surface area contributed by atoms with E-state index in [1.54, 1.807) is 42.5 Å². The van der Waals surface area contributed by atoms with Crippen molar-refractivity contribution in [1.29, 1.82) is 0 Å². The van der Waals surface area contributed by atoms with Gasteiger partial charge in [0, 0.05) is 11.1 Å². The average Bonchev–Trinajstić information content (AvgIpc) is 3.87. The highest BCUT2D eigenvalue weighted by atomic mass is 32.2. The van der Waals surface area contributed by atoms with E-state index in [0.717, 1.165) is 11.1 Å². The number of anilines is 1. The van der Waals surface area contributed by atoms with E-state index in [9.17, 15) is 14.7 Å². The number of hydrogen-bond acceptors (Lipinski definition) is 11. The molecule has 1 atom stereocenters. The number of amides is 1. The Kier molecular flexibility index (Phi) is 9.29. The molecule has 1 N–H and O–H groups in total. The van der Waals surface area contributed by atoms with Crippen molar-refractivity contribution in [2.24, 2.45) is 0 Å². The minimum Gasteiger partial charge on any atom is -0.503 e. The lowest BCUT2D eigenvalue weighted by Gasteiger charge is -2.24. The number of carbonyl (C=O) groups is 2. The van der Waals surface area contributed by atoms with E-state index in [1.165, 1.54) is 47.8 Å². The van der Waals surface area contributed by atoms with Crippen LogP contribution in [0.15, 0.2) is 117 Å². The van der Waals surface area contributed by atoms with Gasteiger partial charge in [0.05, 0.1) is 25.8 Å². The topological polar surface area (TPSA) is 124 Å². The van der Waals surface area contributed by atoms with Gasteiger partial charge < -0.3 is 23.7 Å². The maximum absolute atomic E-state index is 14.3. The van der Waals surface area contributed by atoms with E-state index in [0.29, 0.717) is 50.5 Å². The van der Waals surface area contributed by atoms with Crippen LogP contribution in [0.25, 0.3) is 11.0 Å². The summed E-state index contributed by atoms with van der Waals surface area (Å²) in [6.45, 7) is 2.34. The number of aliphatic hydroxyl groups excluding tert-OH is 1. The van der Waals surface area contributed by atoms with Crippen LogP contribution >= 0.6 is 23.1 Å². The Hall–Kier alpha value is -5.59. The van der Waals surface area contributed by atoms with Gasteiger partial charge in [-0.25, -0.2) is 0 Å². The summed E-state index contributed by atoms with van der Waals surface area (Å²) in [5.41, 5.74) is 3.94. The first-order valence-corrected chi connectivity index (χ1v) is 17.4. The maximum Gasteiger partial charge on any atom is 0.296 e. The Balaban J connectivity index is 1.26. The Morgan fingerprint density at radius 2 is 1.68 bits per heavy atom. The molecule has 50 heavy (non-hydrogen) atoms. The van der Waals surface area contributed by atoms with Crippen LogP contribution in [-0.4, -0.2) is 41.2 Å². The summed E-state index contributed by atoms with van der Waals surface area (Å²) in [7, 11) is 3.02. The van der Waals surface area contributed by atoms with Crippen LogP contribution in [0.4, 0.5) is 5.13 Å². The normalized spacial score (nSPS) is 14.4. The average molecular weight is 706 g/mol. The number of carbonyl (C=O) groups excluding carboxylic acids is 2. The molecule has 0 saturated heterocycles. The van der Waals surface area contributed by atoms with Gasteiger partial charge in [0.15, 0.2) is 38.7 Å². The third-order valence-corrected chi connectivity index (χ3v) is 10.4. The maximum atomic E-state index is 14.3. The number of aliphatic hydroxyl groups is 1. The molecule has 1 unspecified atom stereocenters. The predicted octanol–water partition coefficient (Wildman–Crippen LogP) is 8.26.